The third-order valence-corrected chi connectivity index (χ3v) is 4.55. The summed E-state index contributed by atoms with van der Waals surface area (Å²) in [4.78, 5) is 5.04. The molecular formula is C17H15N5OS. The van der Waals surface area contributed by atoms with Crippen molar-refractivity contribution in [3.05, 3.63) is 58.7 Å². The number of benzene rings is 1. The average Bonchev–Trinajstić information content (AvgIpc) is 3.15. The van der Waals surface area contributed by atoms with Gasteiger partial charge in [0, 0.05) is 6.20 Å². The zero-order chi connectivity index (χ0) is 16.5. The first kappa shape index (κ1) is 14.8. The molecule has 6 nitrogen and oxygen atoms in total. The van der Waals surface area contributed by atoms with Crippen molar-refractivity contribution in [1.29, 1.82) is 0 Å². The van der Waals surface area contributed by atoms with Gasteiger partial charge in [-0.3, -0.25) is 4.98 Å². The van der Waals surface area contributed by atoms with Crippen LogP contribution in [-0.2, 0) is 6.61 Å². The van der Waals surface area contributed by atoms with Gasteiger partial charge in [0.1, 0.15) is 18.1 Å². The first-order valence-corrected chi connectivity index (χ1v) is 8.35. The van der Waals surface area contributed by atoms with Crippen molar-refractivity contribution in [2.75, 3.05) is 0 Å². The lowest BCUT2D eigenvalue weighted by atomic mass is 10.1. The van der Waals surface area contributed by atoms with Gasteiger partial charge in [-0.1, -0.05) is 35.6 Å². The highest BCUT2D eigenvalue weighted by Gasteiger charge is 2.14. The van der Waals surface area contributed by atoms with Gasteiger partial charge in [-0.2, -0.15) is 9.61 Å². The van der Waals surface area contributed by atoms with E-state index in [-0.39, 0.29) is 0 Å². The number of hydrogen-bond donors (Lipinski definition) is 0. The minimum Gasteiger partial charge on any atom is -0.486 e. The number of para-hydroxylation sites is 1. The molecular weight excluding hydrogens is 322 g/mol. The van der Waals surface area contributed by atoms with Gasteiger partial charge in [-0.05, 0) is 37.1 Å². The largest absolute Gasteiger partial charge is 0.486 e. The Morgan fingerprint density at radius 2 is 1.88 bits per heavy atom. The molecule has 0 unspecified atom stereocenters. The molecule has 4 aromatic rings. The summed E-state index contributed by atoms with van der Waals surface area (Å²) in [5, 5.41) is 13.8. The van der Waals surface area contributed by atoms with E-state index in [0.717, 1.165) is 32.5 Å². The van der Waals surface area contributed by atoms with Crippen molar-refractivity contribution in [1.82, 2.24) is 24.8 Å². The van der Waals surface area contributed by atoms with Crippen LogP contribution in [0.25, 0.3) is 16.5 Å². The van der Waals surface area contributed by atoms with Crippen LogP contribution in [0.1, 0.15) is 16.1 Å². The lowest BCUT2D eigenvalue weighted by Crippen LogP contribution is -2.00. The van der Waals surface area contributed by atoms with Crippen molar-refractivity contribution in [2.45, 2.75) is 20.5 Å². The summed E-state index contributed by atoms with van der Waals surface area (Å²) in [6.45, 7) is 4.49. The second-order valence-corrected chi connectivity index (χ2v) is 6.48. The highest BCUT2D eigenvalue weighted by atomic mass is 32.1. The standard InChI is InChI=1S/C17H15N5OS/c1-11-6-5-7-12(2)15(11)23-10-14-21-22-16(19-20-17(22)24-14)13-8-3-4-9-18-13/h3-9H,10H2,1-2H3. The molecule has 4 rings (SSSR count). The molecule has 1 aromatic carbocycles. The maximum Gasteiger partial charge on any atom is 0.235 e. The number of nitrogens with zero attached hydrogens (tertiary/aromatic N) is 5. The molecule has 3 aromatic heterocycles. The predicted molar refractivity (Wildman–Crippen MR) is 92.1 cm³/mol. The summed E-state index contributed by atoms with van der Waals surface area (Å²) in [6, 6.07) is 11.8. The van der Waals surface area contributed by atoms with E-state index in [4.69, 9.17) is 4.74 Å². The van der Waals surface area contributed by atoms with Gasteiger partial charge in [0.15, 0.2) is 5.01 Å². The number of ether oxygens (including phenoxy) is 1. The first-order chi connectivity index (χ1) is 11.7. The number of hydrogen-bond acceptors (Lipinski definition) is 6. The molecule has 120 valence electrons. The number of rotatable bonds is 4. The maximum atomic E-state index is 5.97. The summed E-state index contributed by atoms with van der Waals surface area (Å²) >= 11 is 1.47. The molecule has 0 saturated carbocycles. The third kappa shape index (κ3) is 2.63. The molecule has 0 aliphatic carbocycles. The fourth-order valence-corrected chi connectivity index (χ4v) is 3.28. The van der Waals surface area contributed by atoms with Gasteiger partial charge in [-0.25, -0.2) is 0 Å². The minimum atomic E-state index is 0.404. The number of aryl methyl sites for hydroxylation is 2. The Kier molecular flexibility index (Phi) is 3.70. The van der Waals surface area contributed by atoms with E-state index in [0.29, 0.717) is 12.4 Å². The molecule has 0 amide bonds. The van der Waals surface area contributed by atoms with Gasteiger partial charge in [0.05, 0.1) is 0 Å². The van der Waals surface area contributed by atoms with Gasteiger partial charge in [0.25, 0.3) is 0 Å². The molecule has 0 aliphatic heterocycles. The number of pyridine rings is 1. The topological polar surface area (TPSA) is 65.2 Å². The van der Waals surface area contributed by atoms with E-state index in [9.17, 15) is 0 Å². The fraction of sp³-hybridized carbons (Fsp3) is 0.176. The van der Waals surface area contributed by atoms with E-state index in [1.54, 1.807) is 10.7 Å². The summed E-state index contributed by atoms with van der Waals surface area (Å²) in [7, 11) is 0. The minimum absolute atomic E-state index is 0.404. The van der Waals surface area contributed by atoms with Crippen molar-refractivity contribution >= 4 is 16.3 Å². The Morgan fingerprint density at radius 3 is 2.62 bits per heavy atom. The highest BCUT2D eigenvalue weighted by molar-refractivity contribution is 7.16. The number of fused-ring (bicyclic) bond motifs is 1. The van der Waals surface area contributed by atoms with Gasteiger partial charge in [-0.15, -0.1) is 10.2 Å². The summed E-state index contributed by atoms with van der Waals surface area (Å²) in [5.74, 6) is 1.55. The lowest BCUT2D eigenvalue weighted by Gasteiger charge is -2.10. The lowest BCUT2D eigenvalue weighted by molar-refractivity contribution is 0.300. The molecule has 0 aliphatic rings. The molecule has 0 radical (unpaired) electrons. The van der Waals surface area contributed by atoms with E-state index in [2.05, 4.69) is 20.3 Å². The molecule has 0 N–H and O–H groups in total. The molecule has 0 bridgehead atoms. The van der Waals surface area contributed by atoms with Crippen LogP contribution in [0.5, 0.6) is 5.75 Å². The molecule has 0 atom stereocenters. The van der Waals surface area contributed by atoms with Gasteiger partial charge < -0.3 is 4.74 Å². The number of aromatic nitrogens is 5. The van der Waals surface area contributed by atoms with Crippen LogP contribution in [0, 0.1) is 13.8 Å². The smallest absolute Gasteiger partial charge is 0.235 e. The summed E-state index contributed by atoms with van der Waals surface area (Å²) < 4.78 is 7.69. The van der Waals surface area contributed by atoms with Gasteiger partial charge >= 0.3 is 0 Å². The summed E-state index contributed by atoms with van der Waals surface area (Å²) in [6.07, 6.45) is 1.73. The molecule has 0 spiro atoms. The van der Waals surface area contributed by atoms with Crippen LogP contribution in [0.2, 0.25) is 0 Å². The van der Waals surface area contributed by atoms with Crippen LogP contribution in [0.3, 0.4) is 0 Å². The van der Waals surface area contributed by atoms with Crippen LogP contribution >= 0.6 is 11.3 Å². The molecule has 3 heterocycles. The Labute approximate surface area is 142 Å². The summed E-state index contributed by atoms with van der Waals surface area (Å²) in [5.41, 5.74) is 2.98. The fourth-order valence-electron chi connectivity index (χ4n) is 2.53. The molecule has 24 heavy (non-hydrogen) atoms. The van der Waals surface area contributed by atoms with Crippen LogP contribution in [-0.4, -0.2) is 24.8 Å². The van der Waals surface area contributed by atoms with Crippen molar-refractivity contribution < 1.29 is 4.74 Å². The molecule has 7 heteroatoms. The predicted octanol–water partition coefficient (Wildman–Crippen LogP) is 3.44. The Hall–Kier alpha value is -2.80. The Bertz CT molecular complexity index is 973. The average molecular weight is 337 g/mol. The SMILES string of the molecule is Cc1cccc(C)c1OCc1nn2c(-c3ccccn3)nnc2s1. The highest BCUT2D eigenvalue weighted by Crippen LogP contribution is 2.25. The van der Waals surface area contributed by atoms with Crippen molar-refractivity contribution in [3.8, 4) is 17.3 Å². The zero-order valence-corrected chi connectivity index (χ0v) is 14.1. The normalized spacial score (nSPS) is 11.1. The van der Waals surface area contributed by atoms with Crippen LogP contribution in [0.4, 0.5) is 0 Å². The van der Waals surface area contributed by atoms with E-state index >= 15 is 0 Å². The quantitative estimate of drug-likeness (QED) is 0.571. The Morgan fingerprint density at radius 1 is 1.04 bits per heavy atom. The molecule has 0 saturated heterocycles. The zero-order valence-electron chi connectivity index (χ0n) is 13.3. The van der Waals surface area contributed by atoms with E-state index in [1.807, 2.05) is 50.2 Å². The first-order valence-electron chi connectivity index (χ1n) is 7.54. The van der Waals surface area contributed by atoms with Crippen LogP contribution < -0.4 is 4.74 Å². The second kappa shape index (κ2) is 6.01. The molecule has 0 fully saturated rings. The van der Waals surface area contributed by atoms with Crippen LogP contribution in [0.15, 0.2) is 42.6 Å². The van der Waals surface area contributed by atoms with Gasteiger partial charge in [0.2, 0.25) is 10.8 Å². The van der Waals surface area contributed by atoms with Crippen molar-refractivity contribution in [3.63, 3.8) is 0 Å². The second-order valence-electron chi connectivity index (χ2n) is 5.44. The monoisotopic (exact) mass is 337 g/mol. The third-order valence-electron chi connectivity index (χ3n) is 3.68. The van der Waals surface area contributed by atoms with E-state index in [1.165, 1.54) is 11.3 Å². The van der Waals surface area contributed by atoms with E-state index < -0.39 is 0 Å². The van der Waals surface area contributed by atoms with Crippen molar-refractivity contribution in [2.24, 2.45) is 0 Å². The Balaban J connectivity index is 1.61. The maximum absolute atomic E-state index is 5.97.